The van der Waals surface area contributed by atoms with Gasteiger partial charge in [-0.2, -0.15) is 5.26 Å². The Morgan fingerprint density at radius 3 is 2.65 bits per heavy atom. The summed E-state index contributed by atoms with van der Waals surface area (Å²) in [5.41, 5.74) is 3.23. The van der Waals surface area contributed by atoms with Crippen LogP contribution < -0.4 is 5.32 Å². The van der Waals surface area contributed by atoms with Crippen LogP contribution in [0.5, 0.6) is 0 Å². The van der Waals surface area contributed by atoms with E-state index < -0.39 is 5.91 Å². The van der Waals surface area contributed by atoms with Crippen LogP contribution in [0.4, 0.5) is 5.69 Å². The molecule has 1 amide bonds. The molecule has 0 aromatic heterocycles. The molecule has 2 aromatic carbocycles. The topological polar surface area (TPSA) is 52.9 Å². The second-order valence-electron chi connectivity index (χ2n) is 5.09. The van der Waals surface area contributed by atoms with Gasteiger partial charge in [-0.25, -0.2) is 0 Å². The molecule has 0 saturated heterocycles. The van der Waals surface area contributed by atoms with Gasteiger partial charge in [0.05, 0.1) is 15.7 Å². The molecule has 23 heavy (non-hydrogen) atoms. The quantitative estimate of drug-likeness (QED) is 0.617. The highest BCUT2D eigenvalue weighted by atomic mass is 35.5. The number of halogens is 2. The first kappa shape index (κ1) is 17.1. The lowest BCUT2D eigenvalue weighted by atomic mass is 10.0. The van der Waals surface area contributed by atoms with Gasteiger partial charge in [0.15, 0.2) is 0 Å². The van der Waals surface area contributed by atoms with Crippen molar-refractivity contribution in [2.75, 3.05) is 5.32 Å². The smallest absolute Gasteiger partial charge is 0.266 e. The van der Waals surface area contributed by atoms with Crippen LogP contribution in [-0.4, -0.2) is 5.91 Å². The van der Waals surface area contributed by atoms with Gasteiger partial charge in [-0.1, -0.05) is 53.0 Å². The Morgan fingerprint density at radius 1 is 1.22 bits per heavy atom. The molecular weight excluding hydrogens is 331 g/mol. The lowest BCUT2D eigenvalue weighted by molar-refractivity contribution is -0.112. The number of nitrogens with zero attached hydrogens (tertiary/aromatic N) is 1. The number of carbonyl (C=O) groups is 1. The van der Waals surface area contributed by atoms with Crippen LogP contribution >= 0.6 is 23.2 Å². The third-order valence-electron chi connectivity index (χ3n) is 3.30. The predicted octanol–water partition coefficient (Wildman–Crippen LogP) is 5.16. The molecule has 0 unspecified atom stereocenters. The molecule has 0 aliphatic rings. The maximum atomic E-state index is 12.3. The van der Waals surface area contributed by atoms with Crippen molar-refractivity contribution in [3.8, 4) is 6.07 Å². The number of hydrogen-bond acceptors (Lipinski definition) is 2. The number of carbonyl (C=O) groups excluding carboxylic acids is 1. The normalized spacial score (nSPS) is 11.0. The van der Waals surface area contributed by atoms with E-state index in [4.69, 9.17) is 23.2 Å². The fourth-order valence-corrected chi connectivity index (χ4v) is 2.36. The molecule has 0 atom stereocenters. The maximum absolute atomic E-state index is 12.3. The maximum Gasteiger partial charge on any atom is 0.266 e. The zero-order chi connectivity index (χ0) is 17.0. The average molecular weight is 345 g/mol. The van der Waals surface area contributed by atoms with E-state index in [1.54, 1.807) is 24.3 Å². The molecule has 0 saturated carbocycles. The minimum atomic E-state index is -0.530. The lowest BCUT2D eigenvalue weighted by Gasteiger charge is -2.08. The highest BCUT2D eigenvalue weighted by Crippen LogP contribution is 2.29. The Balaban J connectivity index is 2.32. The molecule has 1 N–H and O–H groups in total. The first-order valence-electron chi connectivity index (χ1n) is 6.87. The Morgan fingerprint density at radius 2 is 1.96 bits per heavy atom. The minimum absolute atomic E-state index is 0.00487. The Kier molecular flexibility index (Phi) is 5.44. The molecule has 0 aliphatic heterocycles. The van der Waals surface area contributed by atoms with Gasteiger partial charge in [0.25, 0.3) is 5.91 Å². The SMILES string of the molecule is Cc1ccc(C)c(/C=C(\C#N)C(=O)Nc2cccc(Cl)c2Cl)c1. The molecular formula is C18H14Cl2N2O. The van der Waals surface area contributed by atoms with Crippen LogP contribution in [0, 0.1) is 25.2 Å². The predicted molar refractivity (Wildman–Crippen MR) is 94.6 cm³/mol. The summed E-state index contributed by atoms with van der Waals surface area (Å²) in [5, 5.41) is 12.5. The second-order valence-corrected chi connectivity index (χ2v) is 5.87. The largest absolute Gasteiger partial charge is 0.320 e. The van der Waals surface area contributed by atoms with Crippen LogP contribution in [0.1, 0.15) is 16.7 Å². The third-order valence-corrected chi connectivity index (χ3v) is 4.12. The molecule has 0 bridgehead atoms. The molecule has 0 fully saturated rings. The molecule has 0 aliphatic carbocycles. The highest BCUT2D eigenvalue weighted by Gasteiger charge is 2.13. The van der Waals surface area contributed by atoms with Gasteiger partial charge in [0.1, 0.15) is 11.6 Å². The molecule has 0 heterocycles. The van der Waals surface area contributed by atoms with Gasteiger partial charge >= 0.3 is 0 Å². The number of anilines is 1. The highest BCUT2D eigenvalue weighted by molar-refractivity contribution is 6.44. The van der Waals surface area contributed by atoms with Crippen LogP contribution in [0.25, 0.3) is 6.08 Å². The standard InChI is InChI=1S/C18H14Cl2N2O/c1-11-6-7-12(2)13(8-11)9-14(10-21)18(23)22-16-5-3-4-15(19)17(16)20/h3-9H,1-2H3,(H,22,23)/b14-9+. The first-order chi connectivity index (χ1) is 10.9. The van der Waals surface area contributed by atoms with E-state index in [-0.39, 0.29) is 10.6 Å². The lowest BCUT2D eigenvalue weighted by Crippen LogP contribution is -2.13. The summed E-state index contributed by atoms with van der Waals surface area (Å²) in [4.78, 5) is 12.3. The Hall–Kier alpha value is -2.28. The number of benzene rings is 2. The third kappa shape index (κ3) is 4.13. The van der Waals surface area contributed by atoms with Gasteiger partial charge in [0.2, 0.25) is 0 Å². The van der Waals surface area contributed by atoms with E-state index in [0.717, 1.165) is 16.7 Å². The van der Waals surface area contributed by atoms with E-state index in [9.17, 15) is 10.1 Å². The van der Waals surface area contributed by atoms with E-state index in [1.165, 1.54) is 0 Å². The zero-order valence-corrected chi connectivity index (χ0v) is 14.2. The van der Waals surface area contributed by atoms with Gasteiger partial charge in [-0.15, -0.1) is 0 Å². The van der Waals surface area contributed by atoms with Crippen LogP contribution in [0.15, 0.2) is 42.0 Å². The van der Waals surface area contributed by atoms with Crippen molar-refractivity contribution in [3.63, 3.8) is 0 Å². The monoisotopic (exact) mass is 344 g/mol. The Bertz CT molecular complexity index is 835. The molecule has 0 spiro atoms. The zero-order valence-electron chi connectivity index (χ0n) is 12.7. The van der Waals surface area contributed by atoms with Crippen molar-refractivity contribution >= 4 is 40.9 Å². The molecule has 116 valence electrons. The summed E-state index contributed by atoms with van der Waals surface area (Å²) in [7, 11) is 0. The van der Waals surface area contributed by atoms with Crippen molar-refractivity contribution in [1.82, 2.24) is 0 Å². The number of amides is 1. The number of nitrogens with one attached hydrogen (secondary N) is 1. The van der Waals surface area contributed by atoms with Gasteiger partial charge in [-0.3, -0.25) is 4.79 Å². The second kappa shape index (κ2) is 7.32. The van der Waals surface area contributed by atoms with Crippen molar-refractivity contribution in [3.05, 3.63) is 68.7 Å². The van der Waals surface area contributed by atoms with E-state index in [0.29, 0.717) is 10.7 Å². The summed E-state index contributed by atoms with van der Waals surface area (Å²) in [6.07, 6.45) is 1.57. The van der Waals surface area contributed by atoms with Crippen molar-refractivity contribution in [2.24, 2.45) is 0 Å². The van der Waals surface area contributed by atoms with Gasteiger partial charge in [0, 0.05) is 0 Å². The first-order valence-corrected chi connectivity index (χ1v) is 7.62. The summed E-state index contributed by atoms with van der Waals surface area (Å²) in [6.45, 7) is 3.88. The molecule has 3 nitrogen and oxygen atoms in total. The fourth-order valence-electron chi connectivity index (χ4n) is 2.01. The van der Waals surface area contributed by atoms with E-state index >= 15 is 0 Å². The van der Waals surface area contributed by atoms with Crippen molar-refractivity contribution < 1.29 is 4.79 Å². The summed E-state index contributed by atoms with van der Waals surface area (Å²) in [5.74, 6) is -0.530. The van der Waals surface area contributed by atoms with Crippen LogP contribution in [-0.2, 0) is 4.79 Å². The number of hydrogen-bond donors (Lipinski definition) is 1. The molecule has 5 heteroatoms. The number of aryl methyl sites for hydroxylation is 2. The average Bonchev–Trinajstić information content (AvgIpc) is 2.52. The molecule has 0 radical (unpaired) electrons. The fraction of sp³-hybridized carbons (Fsp3) is 0.111. The molecule has 2 aromatic rings. The summed E-state index contributed by atoms with van der Waals surface area (Å²) < 4.78 is 0. The minimum Gasteiger partial charge on any atom is -0.320 e. The number of rotatable bonds is 3. The van der Waals surface area contributed by atoms with Gasteiger partial charge in [-0.05, 0) is 43.2 Å². The van der Waals surface area contributed by atoms with E-state index in [1.807, 2.05) is 38.1 Å². The van der Waals surface area contributed by atoms with Crippen LogP contribution in [0.2, 0.25) is 10.0 Å². The van der Waals surface area contributed by atoms with Gasteiger partial charge < -0.3 is 5.32 Å². The number of nitriles is 1. The molecule has 2 rings (SSSR count). The van der Waals surface area contributed by atoms with Crippen LogP contribution in [0.3, 0.4) is 0 Å². The summed E-state index contributed by atoms with van der Waals surface area (Å²) >= 11 is 12.0. The van der Waals surface area contributed by atoms with E-state index in [2.05, 4.69) is 5.32 Å². The summed E-state index contributed by atoms with van der Waals surface area (Å²) in [6, 6.07) is 12.7. The van der Waals surface area contributed by atoms with Crippen molar-refractivity contribution in [2.45, 2.75) is 13.8 Å². The van der Waals surface area contributed by atoms with Crippen molar-refractivity contribution in [1.29, 1.82) is 5.26 Å². The Labute approximate surface area is 145 Å².